The molecule has 2 fully saturated rings. The number of carbonyl (C=O) groups excluding carboxylic acids is 4. The molecular formula is C24H34FN5O5. The molecule has 11 heteroatoms. The summed E-state index contributed by atoms with van der Waals surface area (Å²) in [6, 6.07) is 3.52. The number of imide groups is 1. The van der Waals surface area contributed by atoms with E-state index in [0.29, 0.717) is 19.6 Å². The lowest BCUT2D eigenvalue weighted by Gasteiger charge is -2.36. The summed E-state index contributed by atoms with van der Waals surface area (Å²) in [5.74, 6) is -2.32. The first-order chi connectivity index (χ1) is 16.5. The molecule has 2 aliphatic rings. The fraction of sp³-hybridized carbons (Fsp3) is 0.583. The van der Waals surface area contributed by atoms with Crippen molar-refractivity contribution in [2.24, 2.45) is 0 Å². The SMILES string of the molecule is CC(C)(C)OC(=O)NCCCN1CCN(c2ccc(F)c(C(=O)NC3CCC(=O)NC3=O)c2)CC1. The number of alkyl carbamates (subject to hydrolysis) is 1. The van der Waals surface area contributed by atoms with Crippen LogP contribution in [-0.2, 0) is 14.3 Å². The number of ether oxygens (including phenoxy) is 1. The molecule has 2 heterocycles. The Labute approximate surface area is 204 Å². The maximum absolute atomic E-state index is 14.4. The highest BCUT2D eigenvalue weighted by molar-refractivity contribution is 6.04. The van der Waals surface area contributed by atoms with Gasteiger partial charge in [0.25, 0.3) is 5.91 Å². The molecule has 3 N–H and O–H groups in total. The number of nitrogens with one attached hydrogen (secondary N) is 3. The van der Waals surface area contributed by atoms with Gasteiger partial charge in [0.1, 0.15) is 17.5 Å². The molecule has 35 heavy (non-hydrogen) atoms. The van der Waals surface area contributed by atoms with Gasteiger partial charge >= 0.3 is 6.09 Å². The third-order valence-corrected chi connectivity index (χ3v) is 5.80. The monoisotopic (exact) mass is 491 g/mol. The summed E-state index contributed by atoms with van der Waals surface area (Å²) in [5.41, 5.74) is 0.0700. The summed E-state index contributed by atoms with van der Waals surface area (Å²) in [6.07, 6.45) is 0.685. The second kappa shape index (κ2) is 11.5. The molecule has 1 aromatic rings. The Morgan fingerprint density at radius 1 is 1.17 bits per heavy atom. The second-order valence-corrected chi connectivity index (χ2v) is 9.75. The zero-order valence-electron chi connectivity index (χ0n) is 20.5. The van der Waals surface area contributed by atoms with E-state index in [1.807, 2.05) is 20.8 Å². The molecule has 3 rings (SSSR count). The lowest BCUT2D eigenvalue weighted by Crippen LogP contribution is -2.52. The van der Waals surface area contributed by atoms with Crippen molar-refractivity contribution in [3.8, 4) is 0 Å². The number of piperazine rings is 1. The van der Waals surface area contributed by atoms with Crippen molar-refractivity contribution in [3.63, 3.8) is 0 Å². The molecule has 0 spiro atoms. The van der Waals surface area contributed by atoms with Crippen LogP contribution in [0.5, 0.6) is 0 Å². The predicted molar refractivity (Wildman–Crippen MR) is 128 cm³/mol. The molecule has 2 aliphatic heterocycles. The third kappa shape index (κ3) is 7.91. The number of hydrogen-bond acceptors (Lipinski definition) is 7. The van der Waals surface area contributed by atoms with Crippen molar-refractivity contribution in [1.82, 2.24) is 20.9 Å². The molecule has 0 aliphatic carbocycles. The van der Waals surface area contributed by atoms with E-state index in [9.17, 15) is 23.6 Å². The van der Waals surface area contributed by atoms with E-state index in [0.717, 1.165) is 31.7 Å². The van der Waals surface area contributed by atoms with Crippen LogP contribution in [-0.4, -0.2) is 79.6 Å². The molecule has 1 aromatic carbocycles. The number of benzene rings is 1. The number of amides is 4. The lowest BCUT2D eigenvalue weighted by atomic mass is 10.0. The molecule has 0 saturated carbocycles. The molecule has 2 saturated heterocycles. The fourth-order valence-electron chi connectivity index (χ4n) is 3.99. The molecule has 192 valence electrons. The van der Waals surface area contributed by atoms with Crippen molar-refractivity contribution in [2.45, 2.75) is 51.7 Å². The van der Waals surface area contributed by atoms with E-state index in [1.54, 1.807) is 6.07 Å². The summed E-state index contributed by atoms with van der Waals surface area (Å²) in [7, 11) is 0. The van der Waals surface area contributed by atoms with Crippen LogP contribution in [0.25, 0.3) is 0 Å². The van der Waals surface area contributed by atoms with E-state index in [2.05, 4.69) is 25.8 Å². The summed E-state index contributed by atoms with van der Waals surface area (Å²) in [5, 5.41) is 7.45. The first-order valence-electron chi connectivity index (χ1n) is 11.9. The van der Waals surface area contributed by atoms with Crippen LogP contribution < -0.4 is 20.9 Å². The van der Waals surface area contributed by atoms with Gasteiger partial charge < -0.3 is 20.3 Å². The van der Waals surface area contributed by atoms with Crippen molar-refractivity contribution in [1.29, 1.82) is 0 Å². The topological polar surface area (TPSA) is 120 Å². The number of carbonyl (C=O) groups is 4. The van der Waals surface area contributed by atoms with Crippen LogP contribution in [0.4, 0.5) is 14.9 Å². The Morgan fingerprint density at radius 3 is 2.54 bits per heavy atom. The van der Waals surface area contributed by atoms with Crippen molar-refractivity contribution < 1.29 is 28.3 Å². The number of rotatable bonds is 7. The minimum atomic E-state index is -0.864. The van der Waals surface area contributed by atoms with E-state index in [4.69, 9.17) is 4.74 Å². The van der Waals surface area contributed by atoms with Crippen LogP contribution in [0.2, 0.25) is 0 Å². The number of halogens is 1. The van der Waals surface area contributed by atoms with Crippen LogP contribution in [0.15, 0.2) is 18.2 Å². The van der Waals surface area contributed by atoms with Gasteiger partial charge in [-0.05, 0) is 58.4 Å². The highest BCUT2D eigenvalue weighted by Crippen LogP contribution is 2.21. The Bertz CT molecular complexity index is 956. The van der Waals surface area contributed by atoms with Gasteiger partial charge in [0.05, 0.1) is 5.56 Å². The van der Waals surface area contributed by atoms with Crippen molar-refractivity contribution >= 4 is 29.5 Å². The smallest absolute Gasteiger partial charge is 0.407 e. The quantitative estimate of drug-likeness (QED) is 0.390. The molecular weight excluding hydrogens is 457 g/mol. The highest BCUT2D eigenvalue weighted by Gasteiger charge is 2.29. The molecule has 10 nitrogen and oxygen atoms in total. The normalized spacial score (nSPS) is 19.2. The first-order valence-corrected chi connectivity index (χ1v) is 11.9. The van der Waals surface area contributed by atoms with E-state index >= 15 is 0 Å². The van der Waals surface area contributed by atoms with Gasteiger partial charge in [0, 0.05) is 44.8 Å². The average Bonchev–Trinajstić information content (AvgIpc) is 2.78. The maximum atomic E-state index is 14.4. The summed E-state index contributed by atoms with van der Waals surface area (Å²) in [4.78, 5) is 51.9. The third-order valence-electron chi connectivity index (χ3n) is 5.80. The Morgan fingerprint density at radius 2 is 1.89 bits per heavy atom. The van der Waals surface area contributed by atoms with Gasteiger partial charge in [-0.3, -0.25) is 24.6 Å². The summed E-state index contributed by atoms with van der Waals surface area (Å²) in [6.45, 7) is 9.82. The van der Waals surface area contributed by atoms with Gasteiger partial charge in [-0.15, -0.1) is 0 Å². The van der Waals surface area contributed by atoms with Crippen LogP contribution >= 0.6 is 0 Å². The zero-order chi connectivity index (χ0) is 25.6. The fourth-order valence-corrected chi connectivity index (χ4v) is 3.99. The van der Waals surface area contributed by atoms with Gasteiger partial charge in [-0.25, -0.2) is 9.18 Å². The largest absolute Gasteiger partial charge is 0.444 e. The van der Waals surface area contributed by atoms with Crippen LogP contribution in [0.1, 0.15) is 50.4 Å². The molecule has 1 unspecified atom stereocenters. The molecule has 4 amide bonds. The molecule has 0 radical (unpaired) electrons. The standard InChI is InChI=1S/C24H34FN5O5/c1-24(2,3)35-23(34)26-9-4-10-29-11-13-30(14-12-29)16-5-6-18(25)17(15-16)21(32)27-19-7-8-20(31)28-22(19)33/h5-6,15,19H,4,7-14H2,1-3H3,(H,26,34)(H,27,32)(H,28,31,33). The molecule has 0 aromatic heterocycles. The van der Waals surface area contributed by atoms with E-state index < -0.39 is 35.4 Å². The summed E-state index contributed by atoms with van der Waals surface area (Å²) < 4.78 is 19.6. The number of nitrogens with zero attached hydrogens (tertiary/aromatic N) is 2. The number of piperidine rings is 1. The zero-order valence-corrected chi connectivity index (χ0v) is 20.5. The van der Waals surface area contributed by atoms with Crippen molar-refractivity contribution in [3.05, 3.63) is 29.6 Å². The molecule has 1 atom stereocenters. The number of anilines is 1. The second-order valence-electron chi connectivity index (χ2n) is 9.75. The van der Waals surface area contributed by atoms with Gasteiger partial charge in [0.2, 0.25) is 11.8 Å². The maximum Gasteiger partial charge on any atom is 0.407 e. The minimum Gasteiger partial charge on any atom is -0.444 e. The average molecular weight is 492 g/mol. The predicted octanol–water partition coefficient (Wildman–Crippen LogP) is 1.40. The highest BCUT2D eigenvalue weighted by atomic mass is 19.1. The van der Waals surface area contributed by atoms with Gasteiger partial charge in [0.15, 0.2) is 0 Å². The van der Waals surface area contributed by atoms with Gasteiger partial charge in [-0.1, -0.05) is 0 Å². The van der Waals surface area contributed by atoms with Crippen molar-refractivity contribution in [2.75, 3.05) is 44.2 Å². The summed E-state index contributed by atoms with van der Waals surface area (Å²) >= 11 is 0. The Kier molecular flexibility index (Phi) is 8.66. The minimum absolute atomic E-state index is 0.126. The number of hydrogen-bond donors (Lipinski definition) is 3. The first kappa shape index (κ1) is 26.4. The van der Waals surface area contributed by atoms with Gasteiger partial charge in [-0.2, -0.15) is 0 Å². The molecule has 0 bridgehead atoms. The lowest BCUT2D eigenvalue weighted by molar-refractivity contribution is -0.134. The Balaban J connectivity index is 1.46. The van der Waals surface area contributed by atoms with E-state index in [-0.39, 0.29) is 24.3 Å². The van der Waals surface area contributed by atoms with E-state index in [1.165, 1.54) is 12.1 Å². The van der Waals surface area contributed by atoms with Crippen LogP contribution in [0, 0.1) is 5.82 Å². The van der Waals surface area contributed by atoms with Crippen LogP contribution in [0.3, 0.4) is 0 Å². The Hall–Kier alpha value is -3.21.